The summed E-state index contributed by atoms with van der Waals surface area (Å²) in [5.41, 5.74) is 1.61. The number of aromatic nitrogens is 1. The smallest absolute Gasteiger partial charge is 0.244 e. The van der Waals surface area contributed by atoms with Gasteiger partial charge in [0.2, 0.25) is 21.8 Å². The second kappa shape index (κ2) is 9.82. The zero-order valence-corrected chi connectivity index (χ0v) is 18.6. The summed E-state index contributed by atoms with van der Waals surface area (Å²) in [4.78, 5) is 28.7. The minimum Gasteiger partial charge on any atom is -0.326 e. The number of anilines is 2. The Morgan fingerprint density at radius 1 is 1.03 bits per heavy atom. The van der Waals surface area contributed by atoms with Gasteiger partial charge in [0.25, 0.3) is 0 Å². The van der Waals surface area contributed by atoms with E-state index in [1.54, 1.807) is 6.20 Å². The number of nitrogens with zero attached hydrogens (tertiary/aromatic N) is 1. The van der Waals surface area contributed by atoms with Gasteiger partial charge in [0.15, 0.2) is 5.13 Å². The number of carbonyl (C=O) groups is 2. The van der Waals surface area contributed by atoms with Gasteiger partial charge in [0, 0.05) is 30.1 Å². The normalized spacial score (nSPS) is 12.2. The minimum atomic E-state index is -3.92. The van der Waals surface area contributed by atoms with Crippen molar-refractivity contribution in [2.75, 3.05) is 10.6 Å². The SMILES string of the molecule is CC(=O)Nc1ccc(S(=O)(=O)NC(C)C(=O)Nc2ncc(Cc3ccccc3)s2)cc1. The van der Waals surface area contributed by atoms with Crippen LogP contribution in [0.3, 0.4) is 0 Å². The van der Waals surface area contributed by atoms with Crippen LogP contribution in [0.1, 0.15) is 24.3 Å². The number of amides is 2. The van der Waals surface area contributed by atoms with Gasteiger partial charge >= 0.3 is 0 Å². The van der Waals surface area contributed by atoms with E-state index in [9.17, 15) is 18.0 Å². The molecule has 1 aromatic heterocycles. The summed E-state index contributed by atoms with van der Waals surface area (Å²) < 4.78 is 27.4. The average Bonchev–Trinajstić information content (AvgIpc) is 3.15. The molecule has 162 valence electrons. The Labute approximate surface area is 184 Å². The standard InChI is InChI=1S/C21H22N4O4S2/c1-14(25-31(28,29)19-10-8-17(9-11-19)23-15(2)26)20(27)24-21-22-13-18(30-21)12-16-6-4-3-5-7-16/h3-11,13-14,25H,12H2,1-2H3,(H,23,26)(H,22,24,27). The van der Waals surface area contributed by atoms with Crippen LogP contribution in [0.25, 0.3) is 0 Å². The third-order valence-corrected chi connectivity index (χ3v) is 6.68. The molecule has 31 heavy (non-hydrogen) atoms. The maximum Gasteiger partial charge on any atom is 0.244 e. The largest absolute Gasteiger partial charge is 0.326 e. The highest BCUT2D eigenvalue weighted by Gasteiger charge is 2.23. The van der Waals surface area contributed by atoms with Crippen molar-refractivity contribution in [2.45, 2.75) is 31.2 Å². The molecule has 0 aliphatic carbocycles. The molecule has 0 saturated heterocycles. The molecule has 0 fully saturated rings. The Morgan fingerprint density at radius 2 is 1.71 bits per heavy atom. The quantitative estimate of drug-likeness (QED) is 0.480. The molecule has 0 aliphatic rings. The van der Waals surface area contributed by atoms with Crippen LogP contribution in [-0.4, -0.2) is 31.3 Å². The van der Waals surface area contributed by atoms with E-state index in [-0.39, 0.29) is 10.8 Å². The van der Waals surface area contributed by atoms with Gasteiger partial charge in [-0.05, 0) is 36.8 Å². The predicted molar refractivity (Wildman–Crippen MR) is 121 cm³/mol. The van der Waals surface area contributed by atoms with Crippen LogP contribution in [0.2, 0.25) is 0 Å². The molecule has 3 aromatic rings. The lowest BCUT2D eigenvalue weighted by Gasteiger charge is -2.13. The van der Waals surface area contributed by atoms with E-state index in [0.29, 0.717) is 17.2 Å². The zero-order chi connectivity index (χ0) is 22.4. The Bertz CT molecular complexity index is 1160. The third-order valence-electron chi connectivity index (χ3n) is 4.22. The minimum absolute atomic E-state index is 0.0133. The van der Waals surface area contributed by atoms with Gasteiger partial charge < -0.3 is 10.6 Å². The molecule has 3 N–H and O–H groups in total. The summed E-state index contributed by atoms with van der Waals surface area (Å²) in [5.74, 6) is -0.771. The molecule has 3 rings (SSSR count). The third kappa shape index (κ3) is 6.45. The Hall–Kier alpha value is -3.08. The zero-order valence-electron chi connectivity index (χ0n) is 17.0. The molecule has 0 radical (unpaired) electrons. The van der Waals surface area contributed by atoms with E-state index in [1.165, 1.54) is 49.4 Å². The van der Waals surface area contributed by atoms with Crippen LogP contribution in [0.15, 0.2) is 65.7 Å². The monoisotopic (exact) mass is 458 g/mol. The van der Waals surface area contributed by atoms with Crippen LogP contribution in [-0.2, 0) is 26.0 Å². The van der Waals surface area contributed by atoms with Gasteiger partial charge in [-0.25, -0.2) is 13.4 Å². The van der Waals surface area contributed by atoms with Crippen molar-refractivity contribution < 1.29 is 18.0 Å². The molecule has 0 bridgehead atoms. The topological polar surface area (TPSA) is 117 Å². The highest BCUT2D eigenvalue weighted by molar-refractivity contribution is 7.89. The van der Waals surface area contributed by atoms with Crippen molar-refractivity contribution in [3.63, 3.8) is 0 Å². The summed E-state index contributed by atoms with van der Waals surface area (Å²) in [6.45, 7) is 2.82. The summed E-state index contributed by atoms with van der Waals surface area (Å²) in [6.07, 6.45) is 2.39. The molecule has 0 aliphatic heterocycles. The first kappa shape index (κ1) is 22.6. The summed E-state index contributed by atoms with van der Waals surface area (Å²) in [6, 6.07) is 14.5. The van der Waals surface area contributed by atoms with Crippen molar-refractivity contribution in [3.8, 4) is 0 Å². The van der Waals surface area contributed by atoms with E-state index in [2.05, 4.69) is 20.3 Å². The molecule has 2 amide bonds. The van der Waals surface area contributed by atoms with Crippen molar-refractivity contribution in [2.24, 2.45) is 0 Å². The number of rotatable bonds is 8. The van der Waals surface area contributed by atoms with Gasteiger partial charge in [0.1, 0.15) is 0 Å². The Kier molecular flexibility index (Phi) is 7.16. The Balaban J connectivity index is 1.59. The van der Waals surface area contributed by atoms with Gasteiger partial charge in [-0.1, -0.05) is 30.3 Å². The maximum atomic E-state index is 12.5. The lowest BCUT2D eigenvalue weighted by atomic mass is 10.1. The molecular formula is C21H22N4O4S2. The number of hydrogen-bond acceptors (Lipinski definition) is 6. The van der Waals surface area contributed by atoms with E-state index in [1.807, 2.05) is 30.3 Å². The fourth-order valence-corrected chi connectivity index (χ4v) is 4.79. The van der Waals surface area contributed by atoms with Crippen molar-refractivity contribution in [3.05, 3.63) is 71.2 Å². The molecule has 2 aromatic carbocycles. The molecule has 1 unspecified atom stereocenters. The van der Waals surface area contributed by atoms with Gasteiger partial charge in [-0.2, -0.15) is 4.72 Å². The van der Waals surface area contributed by atoms with Crippen LogP contribution < -0.4 is 15.4 Å². The van der Waals surface area contributed by atoms with E-state index >= 15 is 0 Å². The lowest BCUT2D eigenvalue weighted by Crippen LogP contribution is -2.41. The molecule has 10 heteroatoms. The summed E-state index contributed by atoms with van der Waals surface area (Å²) >= 11 is 1.34. The second-order valence-corrected chi connectivity index (χ2v) is 9.66. The van der Waals surface area contributed by atoms with Crippen molar-refractivity contribution in [1.29, 1.82) is 0 Å². The van der Waals surface area contributed by atoms with Crippen molar-refractivity contribution in [1.82, 2.24) is 9.71 Å². The number of hydrogen-bond donors (Lipinski definition) is 3. The first-order chi connectivity index (χ1) is 14.7. The molecule has 1 heterocycles. The number of sulfonamides is 1. The number of carbonyl (C=O) groups excluding carboxylic acids is 2. The highest BCUT2D eigenvalue weighted by Crippen LogP contribution is 2.21. The van der Waals surface area contributed by atoms with Crippen molar-refractivity contribution >= 4 is 44.0 Å². The molecule has 0 spiro atoms. The first-order valence-electron chi connectivity index (χ1n) is 9.42. The van der Waals surface area contributed by atoms with E-state index in [4.69, 9.17) is 0 Å². The van der Waals surface area contributed by atoms with Crippen LogP contribution in [0, 0.1) is 0 Å². The van der Waals surface area contributed by atoms with E-state index in [0.717, 1.165) is 10.4 Å². The molecule has 0 saturated carbocycles. The number of nitrogens with one attached hydrogen (secondary N) is 3. The van der Waals surface area contributed by atoms with Gasteiger partial charge in [-0.3, -0.25) is 9.59 Å². The fourth-order valence-electron chi connectivity index (χ4n) is 2.73. The number of benzene rings is 2. The molecular weight excluding hydrogens is 436 g/mol. The second-order valence-electron chi connectivity index (χ2n) is 6.83. The van der Waals surface area contributed by atoms with Crippen LogP contribution >= 0.6 is 11.3 Å². The maximum absolute atomic E-state index is 12.5. The first-order valence-corrected chi connectivity index (χ1v) is 11.7. The summed E-state index contributed by atoms with van der Waals surface area (Å²) in [5, 5.41) is 5.61. The fraction of sp³-hybridized carbons (Fsp3) is 0.190. The predicted octanol–water partition coefficient (Wildman–Crippen LogP) is 3.00. The average molecular weight is 459 g/mol. The van der Waals surface area contributed by atoms with Gasteiger partial charge in [-0.15, -0.1) is 11.3 Å². The summed E-state index contributed by atoms with van der Waals surface area (Å²) in [7, 11) is -3.92. The van der Waals surface area contributed by atoms with E-state index < -0.39 is 22.0 Å². The Morgan fingerprint density at radius 3 is 2.35 bits per heavy atom. The lowest BCUT2D eigenvalue weighted by molar-refractivity contribution is -0.117. The van der Waals surface area contributed by atoms with Gasteiger partial charge in [0.05, 0.1) is 10.9 Å². The van der Waals surface area contributed by atoms with Crippen LogP contribution in [0.4, 0.5) is 10.8 Å². The molecule has 8 nitrogen and oxygen atoms in total. The highest BCUT2D eigenvalue weighted by atomic mass is 32.2. The number of thiazole rings is 1. The van der Waals surface area contributed by atoms with Crippen LogP contribution in [0.5, 0.6) is 0 Å². The molecule has 1 atom stereocenters.